The fourth-order valence-corrected chi connectivity index (χ4v) is 3.28. The first kappa shape index (κ1) is 14.0. The zero-order valence-electron chi connectivity index (χ0n) is 12.0. The average molecular weight is 297 g/mol. The first-order chi connectivity index (χ1) is 10.4. The van der Waals surface area contributed by atoms with Gasteiger partial charge in [0.15, 0.2) is 0 Å². The highest BCUT2D eigenvalue weighted by molar-refractivity contribution is 7.10. The fraction of sp³-hybridized carbons (Fsp3) is 0.235. The highest BCUT2D eigenvalue weighted by Crippen LogP contribution is 2.22. The van der Waals surface area contributed by atoms with Gasteiger partial charge in [0.2, 0.25) is 0 Å². The van der Waals surface area contributed by atoms with Crippen LogP contribution in [0.5, 0.6) is 0 Å². The van der Waals surface area contributed by atoms with Gasteiger partial charge in [-0.05, 0) is 35.1 Å². The summed E-state index contributed by atoms with van der Waals surface area (Å²) in [7, 11) is 0. The molecule has 3 nitrogen and oxygen atoms in total. The average Bonchev–Trinajstić information content (AvgIpc) is 3.22. The Balaban J connectivity index is 1.63. The summed E-state index contributed by atoms with van der Waals surface area (Å²) in [5.74, 6) is 0. The monoisotopic (exact) mass is 297 g/mol. The molecule has 1 atom stereocenters. The van der Waals surface area contributed by atoms with Gasteiger partial charge in [-0.1, -0.05) is 37.3 Å². The molecule has 2 aromatic heterocycles. The second kappa shape index (κ2) is 6.70. The van der Waals surface area contributed by atoms with E-state index in [1.165, 1.54) is 16.0 Å². The van der Waals surface area contributed by atoms with Gasteiger partial charge in [-0.3, -0.25) is 5.10 Å². The maximum atomic E-state index is 3.98. The van der Waals surface area contributed by atoms with Crippen molar-refractivity contribution in [2.45, 2.75) is 25.9 Å². The molecule has 0 fully saturated rings. The van der Waals surface area contributed by atoms with Gasteiger partial charge >= 0.3 is 0 Å². The number of hydrogen-bond acceptors (Lipinski definition) is 3. The van der Waals surface area contributed by atoms with E-state index in [1.54, 1.807) is 6.20 Å². The number of rotatable bonds is 6. The molecular weight excluding hydrogens is 278 g/mol. The molecule has 0 aliphatic heterocycles. The Morgan fingerprint density at radius 1 is 1.19 bits per heavy atom. The van der Waals surface area contributed by atoms with Gasteiger partial charge < -0.3 is 5.32 Å². The van der Waals surface area contributed by atoms with E-state index >= 15 is 0 Å². The summed E-state index contributed by atoms with van der Waals surface area (Å²) in [6, 6.07) is 15.4. The molecule has 0 spiro atoms. The Morgan fingerprint density at radius 2 is 2.05 bits per heavy atom. The predicted octanol–water partition coefficient (Wildman–Crippen LogP) is 4.38. The molecule has 0 aliphatic rings. The van der Waals surface area contributed by atoms with Crippen molar-refractivity contribution in [3.8, 4) is 11.3 Å². The van der Waals surface area contributed by atoms with Crippen molar-refractivity contribution in [1.29, 1.82) is 0 Å². The molecule has 0 radical (unpaired) electrons. The summed E-state index contributed by atoms with van der Waals surface area (Å²) in [5.41, 5.74) is 3.52. The maximum Gasteiger partial charge on any atom is 0.0650 e. The lowest BCUT2D eigenvalue weighted by Gasteiger charge is -2.15. The summed E-state index contributed by atoms with van der Waals surface area (Å²) in [6.45, 7) is 3.11. The van der Waals surface area contributed by atoms with E-state index in [9.17, 15) is 0 Å². The molecule has 2 heterocycles. The minimum Gasteiger partial charge on any atom is -0.305 e. The molecule has 3 aromatic rings. The van der Waals surface area contributed by atoms with Crippen LogP contribution in [-0.2, 0) is 6.54 Å². The number of nitrogens with zero attached hydrogens (tertiary/aromatic N) is 1. The van der Waals surface area contributed by atoms with Crippen molar-refractivity contribution in [1.82, 2.24) is 15.5 Å². The minimum absolute atomic E-state index is 0.442. The summed E-state index contributed by atoms with van der Waals surface area (Å²) < 4.78 is 0. The molecule has 0 saturated carbocycles. The zero-order chi connectivity index (χ0) is 14.5. The van der Waals surface area contributed by atoms with Gasteiger partial charge in [0, 0.05) is 23.7 Å². The summed E-state index contributed by atoms with van der Waals surface area (Å²) in [6.07, 6.45) is 2.88. The zero-order valence-corrected chi connectivity index (χ0v) is 12.9. The highest BCUT2D eigenvalue weighted by Gasteiger charge is 2.09. The highest BCUT2D eigenvalue weighted by atomic mass is 32.1. The smallest absolute Gasteiger partial charge is 0.0650 e. The fourth-order valence-electron chi connectivity index (χ4n) is 2.40. The van der Waals surface area contributed by atoms with E-state index in [0.717, 1.165) is 18.7 Å². The first-order valence-corrected chi connectivity index (χ1v) is 8.10. The van der Waals surface area contributed by atoms with Crippen LogP contribution in [-0.4, -0.2) is 10.2 Å². The third-order valence-corrected chi connectivity index (χ3v) is 4.60. The first-order valence-electron chi connectivity index (χ1n) is 7.22. The molecule has 1 aromatic carbocycles. The molecule has 2 N–H and O–H groups in total. The molecule has 4 heteroatoms. The van der Waals surface area contributed by atoms with Gasteiger partial charge in [-0.2, -0.15) is 5.10 Å². The van der Waals surface area contributed by atoms with Gasteiger partial charge in [0.05, 0.1) is 5.69 Å². The Hall–Kier alpha value is -1.91. The van der Waals surface area contributed by atoms with E-state index in [0.29, 0.717) is 6.04 Å². The van der Waals surface area contributed by atoms with E-state index in [1.807, 2.05) is 17.4 Å². The molecule has 0 aliphatic carbocycles. The van der Waals surface area contributed by atoms with Crippen LogP contribution in [0.15, 0.2) is 54.0 Å². The van der Waals surface area contributed by atoms with Gasteiger partial charge in [-0.15, -0.1) is 11.3 Å². The lowest BCUT2D eigenvalue weighted by atomic mass is 10.1. The van der Waals surface area contributed by atoms with Crippen molar-refractivity contribution >= 4 is 11.3 Å². The van der Waals surface area contributed by atoms with Crippen LogP contribution in [0.2, 0.25) is 0 Å². The lowest BCUT2D eigenvalue weighted by Crippen LogP contribution is -2.19. The molecule has 108 valence electrons. The van der Waals surface area contributed by atoms with Crippen molar-refractivity contribution in [3.63, 3.8) is 0 Å². The molecule has 3 rings (SSSR count). The van der Waals surface area contributed by atoms with Crippen LogP contribution in [0, 0.1) is 0 Å². The largest absolute Gasteiger partial charge is 0.305 e. The third-order valence-electron chi connectivity index (χ3n) is 3.61. The second-order valence-electron chi connectivity index (χ2n) is 5.02. The molecule has 0 saturated heterocycles. The van der Waals surface area contributed by atoms with Crippen LogP contribution in [0.1, 0.15) is 29.8 Å². The number of aromatic nitrogens is 2. The Morgan fingerprint density at radius 3 is 2.67 bits per heavy atom. The van der Waals surface area contributed by atoms with Crippen molar-refractivity contribution in [2.24, 2.45) is 0 Å². The molecular formula is C17H19N3S. The number of thiophene rings is 1. The van der Waals surface area contributed by atoms with E-state index < -0.39 is 0 Å². The summed E-state index contributed by atoms with van der Waals surface area (Å²) in [4.78, 5) is 1.41. The lowest BCUT2D eigenvalue weighted by molar-refractivity contribution is 0.526. The van der Waals surface area contributed by atoms with Crippen LogP contribution >= 0.6 is 11.3 Å². The SMILES string of the molecule is CCC(NCc1ccc(-c2ccn[nH]2)cc1)c1cccs1. The number of aromatic amines is 1. The maximum absolute atomic E-state index is 3.98. The predicted molar refractivity (Wildman–Crippen MR) is 88.2 cm³/mol. The van der Waals surface area contributed by atoms with Gasteiger partial charge in [-0.25, -0.2) is 0 Å². The topological polar surface area (TPSA) is 40.7 Å². The molecule has 1 unspecified atom stereocenters. The van der Waals surface area contributed by atoms with E-state index in [4.69, 9.17) is 0 Å². The van der Waals surface area contributed by atoms with Gasteiger partial charge in [0.25, 0.3) is 0 Å². The Bertz CT molecular complexity index is 642. The Kier molecular flexibility index (Phi) is 4.48. The standard InChI is InChI=1S/C17H19N3S/c1-2-15(17-4-3-11-21-17)18-12-13-5-7-14(8-6-13)16-9-10-19-20-16/h3-11,15,18H,2,12H2,1H3,(H,19,20). The van der Waals surface area contributed by atoms with Crippen molar-refractivity contribution in [3.05, 3.63) is 64.5 Å². The number of nitrogens with one attached hydrogen (secondary N) is 2. The molecule has 21 heavy (non-hydrogen) atoms. The quantitative estimate of drug-likeness (QED) is 0.709. The number of benzene rings is 1. The van der Waals surface area contributed by atoms with Crippen LogP contribution in [0.4, 0.5) is 0 Å². The summed E-state index contributed by atoms with van der Waals surface area (Å²) in [5, 5.41) is 12.7. The molecule has 0 amide bonds. The minimum atomic E-state index is 0.442. The van der Waals surface area contributed by atoms with Crippen molar-refractivity contribution < 1.29 is 0 Å². The summed E-state index contributed by atoms with van der Waals surface area (Å²) >= 11 is 1.82. The van der Waals surface area contributed by atoms with Crippen LogP contribution in [0.25, 0.3) is 11.3 Å². The normalized spacial score (nSPS) is 12.4. The van der Waals surface area contributed by atoms with Gasteiger partial charge in [0.1, 0.15) is 0 Å². The number of H-pyrrole nitrogens is 1. The van der Waals surface area contributed by atoms with Crippen LogP contribution < -0.4 is 5.32 Å². The second-order valence-corrected chi connectivity index (χ2v) is 6.00. The van der Waals surface area contributed by atoms with Crippen LogP contribution in [0.3, 0.4) is 0 Å². The Labute approximate surface area is 129 Å². The van der Waals surface area contributed by atoms with E-state index in [2.05, 4.69) is 64.2 Å². The third kappa shape index (κ3) is 3.40. The number of hydrogen-bond donors (Lipinski definition) is 2. The molecule has 0 bridgehead atoms. The van der Waals surface area contributed by atoms with E-state index in [-0.39, 0.29) is 0 Å². The van der Waals surface area contributed by atoms with Crippen molar-refractivity contribution in [2.75, 3.05) is 0 Å².